The van der Waals surface area contributed by atoms with Crippen LogP contribution < -0.4 is 0 Å². The molecule has 1 aromatic heterocycles. The number of esters is 1. The standard InChI is InChI=1S/C16H20N2O3/c1-10-4-6-13(21-10)9-20-16(19)12-5-7-15-14(8-12)17-11(2)18(15)3/h5,7-8,10,13H,4,6,9H2,1-3H3. The maximum Gasteiger partial charge on any atom is 0.338 e. The van der Waals surface area contributed by atoms with Crippen LogP contribution in [-0.2, 0) is 16.5 Å². The lowest BCUT2D eigenvalue weighted by atomic mass is 10.2. The number of hydrogen-bond donors (Lipinski definition) is 0. The minimum absolute atomic E-state index is 0.0322. The van der Waals surface area contributed by atoms with Gasteiger partial charge in [-0.15, -0.1) is 0 Å². The molecule has 1 aliphatic rings. The molecule has 1 aliphatic heterocycles. The fourth-order valence-electron chi connectivity index (χ4n) is 2.71. The van der Waals surface area contributed by atoms with Crippen LogP contribution in [-0.4, -0.2) is 34.3 Å². The summed E-state index contributed by atoms with van der Waals surface area (Å²) in [6.07, 6.45) is 2.28. The molecule has 21 heavy (non-hydrogen) atoms. The maximum atomic E-state index is 12.1. The number of carbonyl (C=O) groups excluding carboxylic acids is 1. The molecule has 1 saturated heterocycles. The Morgan fingerprint density at radius 1 is 1.48 bits per heavy atom. The molecule has 2 heterocycles. The first-order valence-electron chi connectivity index (χ1n) is 7.30. The molecule has 5 heteroatoms. The Morgan fingerprint density at radius 2 is 2.29 bits per heavy atom. The zero-order chi connectivity index (χ0) is 15.0. The van der Waals surface area contributed by atoms with Crippen molar-refractivity contribution >= 4 is 17.0 Å². The van der Waals surface area contributed by atoms with Crippen LogP contribution in [0.1, 0.15) is 35.9 Å². The second-order valence-electron chi connectivity index (χ2n) is 5.67. The third-order valence-corrected chi connectivity index (χ3v) is 4.06. The average Bonchev–Trinajstić information content (AvgIpc) is 3.00. The number of carbonyl (C=O) groups is 1. The Labute approximate surface area is 123 Å². The zero-order valence-corrected chi connectivity index (χ0v) is 12.6. The zero-order valence-electron chi connectivity index (χ0n) is 12.6. The van der Waals surface area contributed by atoms with Crippen molar-refractivity contribution in [1.29, 1.82) is 0 Å². The highest BCUT2D eigenvalue weighted by Crippen LogP contribution is 2.20. The van der Waals surface area contributed by atoms with E-state index < -0.39 is 0 Å². The van der Waals surface area contributed by atoms with Gasteiger partial charge in [0.25, 0.3) is 0 Å². The van der Waals surface area contributed by atoms with Gasteiger partial charge in [0, 0.05) is 7.05 Å². The fraction of sp³-hybridized carbons (Fsp3) is 0.500. The van der Waals surface area contributed by atoms with Crippen molar-refractivity contribution in [3.8, 4) is 0 Å². The van der Waals surface area contributed by atoms with Crippen LogP contribution in [0.4, 0.5) is 0 Å². The summed E-state index contributed by atoms with van der Waals surface area (Å²) in [6, 6.07) is 5.47. The summed E-state index contributed by atoms with van der Waals surface area (Å²) in [7, 11) is 1.96. The largest absolute Gasteiger partial charge is 0.459 e. The molecule has 5 nitrogen and oxygen atoms in total. The van der Waals surface area contributed by atoms with Crippen molar-refractivity contribution in [1.82, 2.24) is 9.55 Å². The van der Waals surface area contributed by atoms with Gasteiger partial charge in [0.05, 0.1) is 28.8 Å². The molecule has 112 valence electrons. The van der Waals surface area contributed by atoms with Crippen molar-refractivity contribution < 1.29 is 14.3 Å². The number of benzene rings is 1. The summed E-state index contributed by atoms with van der Waals surface area (Å²) in [5.41, 5.74) is 2.36. The molecular weight excluding hydrogens is 268 g/mol. The molecule has 3 rings (SSSR count). The Bertz CT molecular complexity index is 677. The number of fused-ring (bicyclic) bond motifs is 1. The van der Waals surface area contributed by atoms with E-state index in [2.05, 4.69) is 4.98 Å². The molecule has 0 radical (unpaired) electrons. The lowest BCUT2D eigenvalue weighted by molar-refractivity contribution is -0.00265. The highest BCUT2D eigenvalue weighted by Gasteiger charge is 2.23. The molecule has 0 aliphatic carbocycles. The minimum Gasteiger partial charge on any atom is -0.459 e. The molecule has 1 aromatic carbocycles. The average molecular weight is 288 g/mol. The second-order valence-corrected chi connectivity index (χ2v) is 5.67. The van der Waals surface area contributed by atoms with Gasteiger partial charge in [0.15, 0.2) is 0 Å². The van der Waals surface area contributed by atoms with Gasteiger partial charge >= 0.3 is 5.97 Å². The number of aromatic nitrogens is 2. The first-order valence-corrected chi connectivity index (χ1v) is 7.30. The highest BCUT2D eigenvalue weighted by molar-refractivity contribution is 5.93. The van der Waals surface area contributed by atoms with E-state index in [1.807, 2.05) is 31.5 Å². The maximum absolute atomic E-state index is 12.1. The summed E-state index contributed by atoms with van der Waals surface area (Å²) < 4.78 is 13.0. The lowest BCUT2D eigenvalue weighted by Gasteiger charge is -2.11. The quantitative estimate of drug-likeness (QED) is 0.815. The molecule has 2 atom stereocenters. The van der Waals surface area contributed by atoms with Gasteiger partial charge in [-0.05, 0) is 44.9 Å². The van der Waals surface area contributed by atoms with Crippen LogP contribution in [0.25, 0.3) is 11.0 Å². The molecule has 1 fully saturated rings. The fourth-order valence-corrected chi connectivity index (χ4v) is 2.71. The molecule has 2 aromatic rings. The molecule has 2 unspecified atom stereocenters. The van der Waals surface area contributed by atoms with Gasteiger partial charge in [-0.1, -0.05) is 0 Å². The number of ether oxygens (including phenoxy) is 2. The van der Waals surface area contributed by atoms with E-state index in [4.69, 9.17) is 9.47 Å². The van der Waals surface area contributed by atoms with Crippen LogP contribution in [0.3, 0.4) is 0 Å². The van der Waals surface area contributed by atoms with E-state index in [1.54, 1.807) is 12.1 Å². The molecule has 0 amide bonds. The third-order valence-electron chi connectivity index (χ3n) is 4.06. The van der Waals surface area contributed by atoms with Crippen molar-refractivity contribution in [2.24, 2.45) is 7.05 Å². The molecule has 0 bridgehead atoms. The first-order chi connectivity index (χ1) is 10.0. The highest BCUT2D eigenvalue weighted by atomic mass is 16.6. The molecule has 0 N–H and O–H groups in total. The SMILES string of the molecule is Cc1nc2cc(C(=O)OCC3CCC(C)O3)ccc2n1C. The van der Waals surface area contributed by atoms with Crippen molar-refractivity contribution in [3.63, 3.8) is 0 Å². The van der Waals surface area contributed by atoms with Gasteiger partial charge < -0.3 is 14.0 Å². The lowest BCUT2D eigenvalue weighted by Crippen LogP contribution is -2.19. The minimum atomic E-state index is -0.316. The summed E-state index contributed by atoms with van der Waals surface area (Å²) in [4.78, 5) is 16.5. The summed E-state index contributed by atoms with van der Waals surface area (Å²) >= 11 is 0. The van der Waals surface area contributed by atoms with Gasteiger partial charge in [-0.2, -0.15) is 0 Å². The molecule has 0 spiro atoms. The van der Waals surface area contributed by atoms with Crippen LogP contribution in [0.5, 0.6) is 0 Å². The summed E-state index contributed by atoms with van der Waals surface area (Å²) in [5, 5.41) is 0. The number of hydrogen-bond acceptors (Lipinski definition) is 4. The topological polar surface area (TPSA) is 53.4 Å². The van der Waals surface area contributed by atoms with Crippen LogP contribution in [0.2, 0.25) is 0 Å². The molecular formula is C16H20N2O3. The Balaban J connectivity index is 1.69. The van der Waals surface area contributed by atoms with E-state index in [0.717, 1.165) is 29.7 Å². The summed E-state index contributed by atoms with van der Waals surface area (Å²) in [5.74, 6) is 0.604. The predicted octanol–water partition coefficient (Wildman–Crippen LogP) is 2.61. The third kappa shape index (κ3) is 2.78. The van der Waals surface area contributed by atoms with Gasteiger partial charge in [-0.25, -0.2) is 9.78 Å². The second kappa shape index (κ2) is 5.48. The monoisotopic (exact) mass is 288 g/mol. The smallest absolute Gasteiger partial charge is 0.338 e. The number of imidazole rings is 1. The van der Waals surface area contributed by atoms with Crippen molar-refractivity contribution in [2.75, 3.05) is 6.61 Å². The van der Waals surface area contributed by atoms with E-state index in [-0.39, 0.29) is 18.2 Å². The van der Waals surface area contributed by atoms with Crippen LogP contribution in [0, 0.1) is 6.92 Å². The normalized spacial score (nSPS) is 21.9. The Hall–Kier alpha value is -1.88. The van der Waals surface area contributed by atoms with Gasteiger partial charge in [-0.3, -0.25) is 0 Å². The van der Waals surface area contributed by atoms with E-state index in [1.165, 1.54) is 0 Å². The van der Waals surface area contributed by atoms with E-state index >= 15 is 0 Å². The van der Waals surface area contributed by atoms with Gasteiger partial charge in [0.1, 0.15) is 12.4 Å². The Kier molecular flexibility index (Phi) is 3.68. The Morgan fingerprint density at radius 3 is 3.00 bits per heavy atom. The van der Waals surface area contributed by atoms with Crippen LogP contribution in [0.15, 0.2) is 18.2 Å². The van der Waals surface area contributed by atoms with Crippen molar-refractivity contribution in [2.45, 2.75) is 38.9 Å². The van der Waals surface area contributed by atoms with E-state index in [9.17, 15) is 4.79 Å². The van der Waals surface area contributed by atoms with Crippen LogP contribution >= 0.6 is 0 Å². The number of nitrogens with zero attached hydrogens (tertiary/aromatic N) is 2. The number of aryl methyl sites for hydroxylation is 2. The number of rotatable bonds is 3. The first kappa shape index (κ1) is 14.1. The van der Waals surface area contributed by atoms with Crippen molar-refractivity contribution in [3.05, 3.63) is 29.6 Å². The van der Waals surface area contributed by atoms with Gasteiger partial charge in [0.2, 0.25) is 0 Å². The summed E-state index contributed by atoms with van der Waals surface area (Å²) in [6.45, 7) is 4.30. The predicted molar refractivity (Wildman–Crippen MR) is 79.3 cm³/mol. The van der Waals surface area contributed by atoms with E-state index in [0.29, 0.717) is 12.2 Å². The molecule has 0 saturated carbocycles.